The van der Waals surface area contributed by atoms with Crippen LogP contribution in [0.3, 0.4) is 0 Å². The minimum Gasteiger partial charge on any atom is -0.492 e. The summed E-state index contributed by atoms with van der Waals surface area (Å²) in [7, 11) is 1.33. The fraction of sp³-hybridized carbons (Fsp3) is 0.385. The molecule has 0 saturated heterocycles. The molecule has 8 nitrogen and oxygen atoms in total. The van der Waals surface area contributed by atoms with E-state index in [0.717, 1.165) is 5.57 Å². The van der Waals surface area contributed by atoms with Crippen molar-refractivity contribution < 1.29 is 38.1 Å². The quantitative estimate of drug-likeness (QED) is 0.350. The third kappa shape index (κ3) is 4.27. The highest BCUT2D eigenvalue weighted by Gasteiger charge is 2.48. The molecule has 0 radical (unpaired) electrons. The van der Waals surface area contributed by atoms with Crippen LogP contribution in [-0.2, 0) is 24.5 Å². The molecule has 1 aromatic rings. The monoisotopic (exact) mass is 468 g/mol. The molecule has 0 amide bonds. The maximum Gasteiger partial charge on any atom is 0.308 e. The molecule has 0 aromatic heterocycles. The van der Waals surface area contributed by atoms with Gasteiger partial charge in [-0.25, -0.2) is 0 Å². The summed E-state index contributed by atoms with van der Waals surface area (Å²) in [5, 5.41) is 0. The van der Waals surface area contributed by atoms with Gasteiger partial charge in [0.1, 0.15) is 24.2 Å². The Morgan fingerprint density at radius 3 is 2.41 bits per heavy atom. The highest BCUT2D eigenvalue weighted by atomic mass is 16.5. The number of rotatable bonds is 6. The third-order valence-electron chi connectivity index (χ3n) is 6.07. The average molecular weight is 469 g/mol. The Balaban J connectivity index is 2.17. The predicted molar refractivity (Wildman–Crippen MR) is 123 cm³/mol. The summed E-state index contributed by atoms with van der Waals surface area (Å²) in [6, 6.07) is 1.41. The van der Waals surface area contributed by atoms with Gasteiger partial charge in [-0.2, -0.15) is 0 Å². The number of ketones is 2. The SMILES string of the molecule is COC1=C(C)C(=O)c2c(cc(OC(C)=O)c3c2O[C@H](C)[C@]3(C)/C=C/C=C(\C)COC(C)=O)C1=O. The van der Waals surface area contributed by atoms with Gasteiger partial charge in [0.2, 0.25) is 5.78 Å². The number of ether oxygens (including phenoxy) is 4. The Bertz CT molecular complexity index is 1180. The molecule has 0 fully saturated rings. The van der Waals surface area contributed by atoms with Crippen LogP contribution < -0.4 is 9.47 Å². The van der Waals surface area contributed by atoms with Crippen molar-refractivity contribution in [1.29, 1.82) is 0 Å². The zero-order valence-corrected chi connectivity index (χ0v) is 20.4. The van der Waals surface area contributed by atoms with E-state index >= 15 is 0 Å². The molecule has 8 heteroatoms. The van der Waals surface area contributed by atoms with Gasteiger partial charge in [-0.3, -0.25) is 19.2 Å². The van der Waals surface area contributed by atoms with E-state index < -0.39 is 23.3 Å². The standard InChI is InChI=1S/C26H28O8/c1-13(12-32-16(4)27)9-8-10-26(6)15(3)33-25-20-18(11-19(21(25)26)34-17(5)28)23(30)24(31-7)14(2)22(20)29/h8-11,15H,12H2,1-7H3/b10-8+,13-9+/t15-,26+/m1/s1. The highest BCUT2D eigenvalue weighted by Crippen LogP contribution is 2.53. The summed E-state index contributed by atoms with van der Waals surface area (Å²) in [6.07, 6.45) is 5.03. The molecular weight excluding hydrogens is 440 g/mol. The molecular formula is C26H28O8. The molecule has 1 aliphatic carbocycles. The lowest BCUT2D eigenvalue weighted by Crippen LogP contribution is -2.31. The van der Waals surface area contributed by atoms with Gasteiger partial charge in [0, 0.05) is 25.0 Å². The van der Waals surface area contributed by atoms with Crippen LogP contribution in [0, 0.1) is 0 Å². The molecule has 0 bridgehead atoms. The lowest BCUT2D eigenvalue weighted by atomic mass is 9.76. The molecule has 1 heterocycles. The lowest BCUT2D eigenvalue weighted by molar-refractivity contribution is -0.140. The van der Waals surface area contributed by atoms with Gasteiger partial charge in [0.05, 0.1) is 23.7 Å². The van der Waals surface area contributed by atoms with Gasteiger partial charge in [-0.1, -0.05) is 18.2 Å². The number of esters is 2. The van der Waals surface area contributed by atoms with E-state index in [1.807, 2.05) is 26.8 Å². The number of hydrogen-bond donors (Lipinski definition) is 0. The van der Waals surface area contributed by atoms with Crippen molar-refractivity contribution in [3.05, 3.63) is 57.9 Å². The number of hydrogen-bond acceptors (Lipinski definition) is 8. The smallest absolute Gasteiger partial charge is 0.308 e. The summed E-state index contributed by atoms with van der Waals surface area (Å²) >= 11 is 0. The van der Waals surface area contributed by atoms with Crippen molar-refractivity contribution in [3.8, 4) is 11.5 Å². The maximum atomic E-state index is 13.2. The van der Waals surface area contributed by atoms with Gasteiger partial charge >= 0.3 is 11.9 Å². The first-order chi connectivity index (χ1) is 15.9. The number of benzene rings is 1. The first kappa shape index (κ1) is 25.0. The van der Waals surface area contributed by atoms with Gasteiger partial charge in [0.25, 0.3) is 0 Å². The molecule has 3 rings (SSSR count). The molecule has 2 atom stereocenters. The van der Waals surface area contributed by atoms with E-state index in [0.29, 0.717) is 5.56 Å². The normalized spacial score (nSPS) is 21.9. The van der Waals surface area contributed by atoms with Gasteiger partial charge in [-0.15, -0.1) is 0 Å². The third-order valence-corrected chi connectivity index (χ3v) is 6.07. The number of carbonyl (C=O) groups is 4. The largest absolute Gasteiger partial charge is 0.492 e. The summed E-state index contributed by atoms with van der Waals surface area (Å²) in [4.78, 5) is 49.2. The summed E-state index contributed by atoms with van der Waals surface area (Å²) in [5.41, 5.74) is 0.925. The molecule has 0 spiro atoms. The van der Waals surface area contributed by atoms with E-state index in [9.17, 15) is 19.2 Å². The Morgan fingerprint density at radius 2 is 1.82 bits per heavy atom. The fourth-order valence-corrected chi connectivity index (χ4v) is 4.13. The van der Waals surface area contributed by atoms with E-state index in [2.05, 4.69) is 0 Å². The van der Waals surface area contributed by atoms with Crippen LogP contribution in [0.2, 0.25) is 0 Å². The molecule has 180 valence electrons. The van der Waals surface area contributed by atoms with Crippen molar-refractivity contribution in [2.24, 2.45) is 0 Å². The van der Waals surface area contributed by atoms with Crippen LogP contribution in [0.4, 0.5) is 0 Å². The van der Waals surface area contributed by atoms with Crippen LogP contribution in [0.5, 0.6) is 11.5 Å². The summed E-state index contributed by atoms with van der Waals surface area (Å²) < 4.78 is 21.8. The summed E-state index contributed by atoms with van der Waals surface area (Å²) in [6.45, 7) is 9.85. The molecule has 0 unspecified atom stereocenters. The number of Topliss-reactive ketones (excluding diaryl/α,β-unsaturated/α-hetero) is 2. The van der Waals surface area contributed by atoms with Crippen molar-refractivity contribution >= 4 is 23.5 Å². The van der Waals surface area contributed by atoms with E-state index in [1.54, 1.807) is 12.2 Å². The van der Waals surface area contributed by atoms with Gasteiger partial charge in [-0.05, 0) is 39.3 Å². The van der Waals surface area contributed by atoms with E-state index in [-0.39, 0.29) is 52.3 Å². The molecule has 1 aliphatic heterocycles. The first-order valence-electron chi connectivity index (χ1n) is 10.8. The van der Waals surface area contributed by atoms with Crippen molar-refractivity contribution in [2.75, 3.05) is 13.7 Å². The second kappa shape index (κ2) is 9.29. The average Bonchev–Trinajstić information content (AvgIpc) is 3.01. The van der Waals surface area contributed by atoms with Crippen molar-refractivity contribution in [3.63, 3.8) is 0 Å². The van der Waals surface area contributed by atoms with Gasteiger partial charge in [0.15, 0.2) is 11.5 Å². The number of carbonyl (C=O) groups excluding carboxylic acids is 4. The highest BCUT2D eigenvalue weighted by molar-refractivity contribution is 6.27. The second-order valence-electron chi connectivity index (χ2n) is 8.61. The maximum absolute atomic E-state index is 13.2. The lowest BCUT2D eigenvalue weighted by Gasteiger charge is -2.26. The zero-order chi connectivity index (χ0) is 25.4. The number of methoxy groups -OCH3 is 1. The van der Waals surface area contributed by atoms with Gasteiger partial charge < -0.3 is 18.9 Å². The Labute approximate surface area is 198 Å². The topological polar surface area (TPSA) is 105 Å². The molecule has 0 N–H and O–H groups in total. The Kier molecular flexibility index (Phi) is 6.82. The molecule has 34 heavy (non-hydrogen) atoms. The minimum absolute atomic E-state index is 0.0479. The zero-order valence-electron chi connectivity index (χ0n) is 20.4. The van der Waals surface area contributed by atoms with Crippen LogP contribution in [-0.4, -0.2) is 43.3 Å². The van der Waals surface area contributed by atoms with E-state index in [1.165, 1.54) is 33.9 Å². The van der Waals surface area contributed by atoms with Crippen molar-refractivity contribution in [1.82, 2.24) is 0 Å². The fourth-order valence-electron chi connectivity index (χ4n) is 4.13. The van der Waals surface area contributed by atoms with Crippen LogP contribution >= 0.6 is 0 Å². The number of allylic oxidation sites excluding steroid dienone is 4. The second-order valence-corrected chi connectivity index (χ2v) is 8.61. The van der Waals surface area contributed by atoms with Crippen LogP contribution in [0.1, 0.15) is 67.8 Å². The Morgan fingerprint density at radius 1 is 1.15 bits per heavy atom. The van der Waals surface area contributed by atoms with E-state index in [4.69, 9.17) is 18.9 Å². The van der Waals surface area contributed by atoms with Crippen LogP contribution in [0.15, 0.2) is 41.2 Å². The number of fused-ring (bicyclic) bond motifs is 3. The minimum atomic E-state index is -0.796. The molecule has 0 saturated carbocycles. The molecule has 1 aromatic carbocycles. The summed E-state index contributed by atoms with van der Waals surface area (Å²) in [5.74, 6) is -1.47. The first-order valence-corrected chi connectivity index (χ1v) is 10.8. The van der Waals surface area contributed by atoms with Crippen molar-refractivity contribution in [2.45, 2.75) is 53.1 Å². The Hall–Kier alpha value is -3.68. The van der Waals surface area contributed by atoms with Crippen LogP contribution in [0.25, 0.3) is 0 Å². The molecule has 2 aliphatic rings. The predicted octanol–water partition coefficient (Wildman–Crippen LogP) is 4.02.